The molecule has 0 heterocycles. The minimum atomic E-state index is -0.899. The number of anilines is 1. The molecule has 7 heteroatoms. The third-order valence-electron chi connectivity index (χ3n) is 3.75. The second-order valence-corrected chi connectivity index (χ2v) is 5.65. The van der Waals surface area contributed by atoms with Crippen molar-refractivity contribution >= 4 is 17.5 Å². The summed E-state index contributed by atoms with van der Waals surface area (Å²) in [6, 6.07) is 10.3. The second kappa shape index (κ2) is 8.94. The first-order valence-electron chi connectivity index (χ1n) is 8.03. The molecule has 1 N–H and O–H groups in total. The molecule has 0 aliphatic heterocycles. The first-order valence-corrected chi connectivity index (χ1v) is 8.03. The van der Waals surface area contributed by atoms with Gasteiger partial charge in [0, 0.05) is 19.5 Å². The SMILES string of the molecule is COc1cccc(CCNC(=O)CN(C(C)=O)c2ccc(F)cc2F)c1. The van der Waals surface area contributed by atoms with Crippen molar-refractivity contribution in [3.8, 4) is 5.75 Å². The molecule has 2 aromatic carbocycles. The van der Waals surface area contributed by atoms with Gasteiger partial charge in [-0.3, -0.25) is 9.59 Å². The number of nitrogens with one attached hydrogen (secondary N) is 1. The molecule has 0 aliphatic rings. The molecule has 26 heavy (non-hydrogen) atoms. The molecular formula is C19H20F2N2O3. The predicted octanol–water partition coefficient (Wildman–Crippen LogP) is 2.69. The Labute approximate surface area is 150 Å². The first-order chi connectivity index (χ1) is 12.4. The molecule has 0 fully saturated rings. The Hall–Kier alpha value is -2.96. The number of nitrogens with zero attached hydrogens (tertiary/aromatic N) is 1. The maximum absolute atomic E-state index is 13.9. The molecule has 2 aromatic rings. The molecule has 2 amide bonds. The maximum atomic E-state index is 13.9. The van der Waals surface area contributed by atoms with E-state index in [4.69, 9.17) is 4.74 Å². The number of ether oxygens (including phenoxy) is 1. The number of rotatable bonds is 7. The Morgan fingerprint density at radius 2 is 1.92 bits per heavy atom. The smallest absolute Gasteiger partial charge is 0.240 e. The molecule has 2 rings (SSSR count). The van der Waals surface area contributed by atoms with Crippen LogP contribution in [0.15, 0.2) is 42.5 Å². The van der Waals surface area contributed by atoms with Crippen LogP contribution >= 0.6 is 0 Å². The summed E-state index contributed by atoms with van der Waals surface area (Å²) in [5, 5.41) is 2.68. The fourth-order valence-corrected chi connectivity index (χ4v) is 2.44. The van der Waals surface area contributed by atoms with Gasteiger partial charge in [-0.05, 0) is 36.2 Å². The van der Waals surface area contributed by atoms with Gasteiger partial charge in [0.05, 0.1) is 12.8 Å². The molecule has 0 atom stereocenters. The fourth-order valence-electron chi connectivity index (χ4n) is 2.44. The summed E-state index contributed by atoms with van der Waals surface area (Å²) in [5.74, 6) is -1.88. The van der Waals surface area contributed by atoms with Gasteiger partial charge < -0.3 is 15.0 Å². The highest BCUT2D eigenvalue weighted by Gasteiger charge is 2.19. The highest BCUT2D eigenvalue weighted by atomic mass is 19.1. The summed E-state index contributed by atoms with van der Waals surface area (Å²) < 4.78 is 32.0. The van der Waals surface area contributed by atoms with E-state index in [2.05, 4.69) is 5.32 Å². The molecule has 0 saturated carbocycles. The van der Waals surface area contributed by atoms with Crippen molar-refractivity contribution in [2.75, 3.05) is 25.1 Å². The number of benzene rings is 2. The van der Waals surface area contributed by atoms with Crippen LogP contribution in [0.5, 0.6) is 5.75 Å². The molecule has 0 radical (unpaired) electrons. The van der Waals surface area contributed by atoms with Gasteiger partial charge in [0.1, 0.15) is 23.9 Å². The van der Waals surface area contributed by atoms with Crippen molar-refractivity contribution in [1.29, 1.82) is 0 Å². The van der Waals surface area contributed by atoms with Crippen LogP contribution in [-0.2, 0) is 16.0 Å². The monoisotopic (exact) mass is 362 g/mol. The largest absolute Gasteiger partial charge is 0.497 e. The van der Waals surface area contributed by atoms with Crippen molar-refractivity contribution in [3.05, 3.63) is 59.7 Å². The van der Waals surface area contributed by atoms with Gasteiger partial charge in [0.15, 0.2) is 0 Å². The van der Waals surface area contributed by atoms with E-state index in [9.17, 15) is 18.4 Å². The van der Waals surface area contributed by atoms with Gasteiger partial charge in [-0.2, -0.15) is 0 Å². The van der Waals surface area contributed by atoms with Gasteiger partial charge in [-0.1, -0.05) is 12.1 Å². The van der Waals surface area contributed by atoms with E-state index in [1.165, 1.54) is 6.92 Å². The summed E-state index contributed by atoms with van der Waals surface area (Å²) in [6.45, 7) is 1.21. The number of methoxy groups -OCH3 is 1. The lowest BCUT2D eigenvalue weighted by Crippen LogP contribution is -2.40. The first kappa shape index (κ1) is 19.4. The minimum Gasteiger partial charge on any atom is -0.497 e. The van der Waals surface area contributed by atoms with Gasteiger partial charge in [-0.25, -0.2) is 8.78 Å². The molecule has 0 spiro atoms. The summed E-state index contributed by atoms with van der Waals surface area (Å²) in [5.41, 5.74) is 0.847. The Balaban J connectivity index is 1.94. The summed E-state index contributed by atoms with van der Waals surface area (Å²) >= 11 is 0. The average molecular weight is 362 g/mol. The molecular weight excluding hydrogens is 342 g/mol. The van der Waals surface area contributed by atoms with E-state index in [1.54, 1.807) is 7.11 Å². The standard InChI is InChI=1S/C19H20F2N2O3/c1-13(24)23(18-7-6-15(20)11-17(18)21)12-19(25)22-9-8-14-4-3-5-16(10-14)26-2/h3-7,10-11H,8-9,12H2,1-2H3,(H,22,25). The Kier molecular flexibility index (Phi) is 6.66. The van der Waals surface area contributed by atoms with Crippen molar-refractivity contribution in [2.24, 2.45) is 0 Å². The van der Waals surface area contributed by atoms with Crippen LogP contribution in [0.2, 0.25) is 0 Å². The molecule has 0 aliphatic carbocycles. The Morgan fingerprint density at radius 3 is 2.58 bits per heavy atom. The van der Waals surface area contributed by atoms with Crippen LogP contribution < -0.4 is 15.0 Å². The Bertz CT molecular complexity index is 796. The van der Waals surface area contributed by atoms with Gasteiger partial charge >= 0.3 is 0 Å². The summed E-state index contributed by atoms with van der Waals surface area (Å²) in [4.78, 5) is 24.8. The maximum Gasteiger partial charge on any atom is 0.240 e. The van der Waals surface area contributed by atoms with E-state index in [1.807, 2.05) is 24.3 Å². The van der Waals surface area contributed by atoms with Crippen molar-refractivity contribution in [1.82, 2.24) is 5.32 Å². The van der Waals surface area contributed by atoms with Crippen LogP contribution in [0.25, 0.3) is 0 Å². The lowest BCUT2D eigenvalue weighted by molar-refractivity contribution is -0.123. The molecule has 0 aromatic heterocycles. The number of hydrogen-bond acceptors (Lipinski definition) is 3. The summed E-state index contributed by atoms with van der Waals surface area (Å²) in [6.07, 6.45) is 0.577. The lowest BCUT2D eigenvalue weighted by atomic mass is 10.1. The zero-order valence-corrected chi connectivity index (χ0v) is 14.6. The number of amides is 2. The van der Waals surface area contributed by atoms with Gasteiger partial charge in [0.2, 0.25) is 11.8 Å². The number of carbonyl (C=O) groups is 2. The second-order valence-electron chi connectivity index (χ2n) is 5.65. The van der Waals surface area contributed by atoms with Crippen LogP contribution in [-0.4, -0.2) is 32.0 Å². The van der Waals surface area contributed by atoms with Crippen LogP contribution in [0.3, 0.4) is 0 Å². The quantitative estimate of drug-likeness (QED) is 0.824. The normalized spacial score (nSPS) is 10.3. The topological polar surface area (TPSA) is 58.6 Å². The highest BCUT2D eigenvalue weighted by molar-refractivity contribution is 5.97. The molecule has 0 unspecified atom stereocenters. The average Bonchev–Trinajstić information content (AvgIpc) is 2.60. The van der Waals surface area contributed by atoms with Crippen molar-refractivity contribution in [2.45, 2.75) is 13.3 Å². The zero-order chi connectivity index (χ0) is 19.1. The van der Waals surface area contributed by atoms with Crippen molar-refractivity contribution < 1.29 is 23.1 Å². The summed E-state index contributed by atoms with van der Waals surface area (Å²) in [7, 11) is 1.58. The van der Waals surface area contributed by atoms with E-state index in [-0.39, 0.29) is 12.2 Å². The number of hydrogen-bond donors (Lipinski definition) is 1. The molecule has 5 nitrogen and oxygen atoms in total. The highest BCUT2D eigenvalue weighted by Crippen LogP contribution is 2.20. The third-order valence-corrected chi connectivity index (χ3v) is 3.75. The van der Waals surface area contributed by atoms with Gasteiger partial charge in [-0.15, -0.1) is 0 Å². The van der Waals surface area contributed by atoms with E-state index >= 15 is 0 Å². The van der Waals surface area contributed by atoms with Crippen LogP contribution in [0.4, 0.5) is 14.5 Å². The zero-order valence-electron chi connectivity index (χ0n) is 14.6. The number of halogens is 2. The number of carbonyl (C=O) groups excluding carboxylic acids is 2. The fraction of sp³-hybridized carbons (Fsp3) is 0.263. The van der Waals surface area contributed by atoms with E-state index < -0.39 is 23.4 Å². The predicted molar refractivity (Wildman–Crippen MR) is 94.1 cm³/mol. The lowest BCUT2D eigenvalue weighted by Gasteiger charge is -2.21. The van der Waals surface area contributed by atoms with Crippen LogP contribution in [0, 0.1) is 11.6 Å². The van der Waals surface area contributed by atoms with Gasteiger partial charge in [0.25, 0.3) is 0 Å². The van der Waals surface area contributed by atoms with Crippen molar-refractivity contribution in [3.63, 3.8) is 0 Å². The Morgan fingerprint density at radius 1 is 1.15 bits per heavy atom. The third kappa shape index (κ3) is 5.27. The van der Waals surface area contributed by atoms with E-state index in [0.717, 1.165) is 28.3 Å². The van der Waals surface area contributed by atoms with Crippen LogP contribution in [0.1, 0.15) is 12.5 Å². The molecule has 0 saturated heterocycles. The molecule has 138 valence electrons. The minimum absolute atomic E-state index is 0.137. The molecule has 0 bridgehead atoms. The van der Waals surface area contributed by atoms with E-state index in [0.29, 0.717) is 19.0 Å².